The van der Waals surface area contributed by atoms with Gasteiger partial charge in [-0.25, -0.2) is 4.39 Å². The molecule has 0 fully saturated rings. The molecule has 1 aromatic carbocycles. The van der Waals surface area contributed by atoms with E-state index in [0.29, 0.717) is 12.1 Å². The number of rotatable bonds is 4. The molecule has 0 spiro atoms. The van der Waals surface area contributed by atoms with Gasteiger partial charge in [-0.3, -0.25) is 4.79 Å². The number of nitrogens with one attached hydrogen (secondary N) is 1. The summed E-state index contributed by atoms with van der Waals surface area (Å²) in [5.41, 5.74) is -1.76. The van der Waals surface area contributed by atoms with Crippen LogP contribution in [0.5, 0.6) is 0 Å². The number of halogens is 4. The third kappa shape index (κ3) is 4.20. The van der Waals surface area contributed by atoms with Crippen LogP contribution in [-0.4, -0.2) is 24.2 Å². The number of hydrogen-bond acceptors (Lipinski definition) is 2. The van der Waals surface area contributed by atoms with Crippen LogP contribution < -0.4 is 5.32 Å². The topological polar surface area (TPSA) is 49.3 Å². The highest BCUT2D eigenvalue weighted by molar-refractivity contribution is 5.94. The van der Waals surface area contributed by atoms with Gasteiger partial charge in [0.1, 0.15) is 5.82 Å². The van der Waals surface area contributed by atoms with Crippen molar-refractivity contribution < 1.29 is 27.5 Å². The summed E-state index contributed by atoms with van der Waals surface area (Å²) in [4.78, 5) is 11.6. The first-order valence-corrected chi connectivity index (χ1v) is 5.51. The summed E-state index contributed by atoms with van der Waals surface area (Å²) in [7, 11) is 0. The smallest absolute Gasteiger partial charge is 0.396 e. The molecule has 1 rings (SSSR count). The predicted molar refractivity (Wildman–Crippen MR) is 60.0 cm³/mol. The molecular formula is C12H13F4NO2. The zero-order valence-electron chi connectivity index (χ0n) is 10.1. The minimum atomic E-state index is -4.85. The molecule has 0 aliphatic rings. The maximum absolute atomic E-state index is 13.0. The Morgan fingerprint density at radius 3 is 2.58 bits per heavy atom. The molecule has 1 amide bonds. The van der Waals surface area contributed by atoms with E-state index in [4.69, 9.17) is 5.11 Å². The van der Waals surface area contributed by atoms with Crippen LogP contribution in [-0.2, 0) is 6.18 Å². The molecule has 1 aromatic rings. The zero-order valence-corrected chi connectivity index (χ0v) is 10.1. The van der Waals surface area contributed by atoms with Crippen LogP contribution in [0.2, 0.25) is 0 Å². The molecule has 0 aliphatic heterocycles. The van der Waals surface area contributed by atoms with Crippen LogP contribution in [0.4, 0.5) is 17.6 Å². The fraction of sp³-hybridized carbons (Fsp3) is 0.417. The van der Waals surface area contributed by atoms with Crippen molar-refractivity contribution in [2.45, 2.75) is 13.1 Å². The Kier molecular flexibility index (Phi) is 4.88. The van der Waals surface area contributed by atoms with Crippen LogP contribution in [0.25, 0.3) is 0 Å². The Bertz CT molecular complexity index is 460. The predicted octanol–water partition coefficient (Wildman–Crippen LogP) is 2.20. The normalized spacial score (nSPS) is 13.2. The van der Waals surface area contributed by atoms with Crippen molar-refractivity contribution in [2.24, 2.45) is 5.92 Å². The largest absolute Gasteiger partial charge is 0.419 e. The van der Waals surface area contributed by atoms with Gasteiger partial charge in [0.05, 0.1) is 5.56 Å². The van der Waals surface area contributed by atoms with Crippen molar-refractivity contribution in [2.75, 3.05) is 13.2 Å². The van der Waals surface area contributed by atoms with Gasteiger partial charge >= 0.3 is 6.18 Å². The minimum Gasteiger partial charge on any atom is -0.396 e. The highest BCUT2D eigenvalue weighted by Crippen LogP contribution is 2.31. The summed E-state index contributed by atoms with van der Waals surface area (Å²) in [6.07, 6.45) is -4.85. The molecule has 0 saturated heterocycles. The van der Waals surface area contributed by atoms with Crippen molar-refractivity contribution in [1.29, 1.82) is 0 Å². The number of aliphatic hydroxyl groups is 1. The van der Waals surface area contributed by atoms with Gasteiger partial charge in [-0.2, -0.15) is 13.2 Å². The van der Waals surface area contributed by atoms with Gasteiger partial charge in [-0.05, 0) is 24.1 Å². The second-order valence-electron chi connectivity index (χ2n) is 4.19. The van der Waals surface area contributed by atoms with Crippen LogP contribution in [0.3, 0.4) is 0 Å². The Morgan fingerprint density at radius 2 is 2.05 bits per heavy atom. The first-order valence-electron chi connectivity index (χ1n) is 5.51. The second kappa shape index (κ2) is 6.01. The van der Waals surface area contributed by atoms with E-state index < -0.39 is 23.5 Å². The molecule has 106 valence electrons. The first-order chi connectivity index (χ1) is 8.75. The third-order valence-corrected chi connectivity index (χ3v) is 2.46. The van der Waals surface area contributed by atoms with Gasteiger partial charge < -0.3 is 10.4 Å². The van der Waals surface area contributed by atoms with Crippen molar-refractivity contribution in [1.82, 2.24) is 5.32 Å². The van der Waals surface area contributed by atoms with Gasteiger partial charge in [0.25, 0.3) is 5.91 Å². The number of aliphatic hydroxyl groups excluding tert-OH is 1. The monoisotopic (exact) mass is 279 g/mol. The highest BCUT2D eigenvalue weighted by Gasteiger charge is 2.34. The zero-order chi connectivity index (χ0) is 14.6. The summed E-state index contributed by atoms with van der Waals surface area (Å²) in [6, 6.07) is 2.05. The molecular weight excluding hydrogens is 266 g/mol. The Morgan fingerprint density at radius 1 is 1.42 bits per heavy atom. The van der Waals surface area contributed by atoms with Crippen LogP contribution in [0.15, 0.2) is 18.2 Å². The molecule has 2 N–H and O–H groups in total. The molecule has 0 saturated carbocycles. The lowest BCUT2D eigenvalue weighted by atomic mass is 10.1. The standard InChI is InChI=1S/C12H13F4NO2/c1-7(6-18)5-17-11(19)8-2-3-10(13)9(4-8)12(14,15)16/h2-4,7,18H,5-6H2,1H3,(H,17,19). The maximum atomic E-state index is 13.0. The summed E-state index contributed by atoms with van der Waals surface area (Å²) in [5.74, 6) is -2.38. The number of carbonyl (C=O) groups is 1. The van der Waals surface area contributed by atoms with Gasteiger partial charge in [0, 0.05) is 18.7 Å². The lowest BCUT2D eigenvalue weighted by Gasteiger charge is -2.12. The minimum absolute atomic E-state index is 0.119. The van der Waals surface area contributed by atoms with E-state index in [1.165, 1.54) is 0 Å². The van der Waals surface area contributed by atoms with Gasteiger partial charge in [0.15, 0.2) is 0 Å². The van der Waals surface area contributed by atoms with E-state index in [1.54, 1.807) is 6.92 Å². The Labute approximate surface area is 107 Å². The first kappa shape index (κ1) is 15.4. The molecule has 7 heteroatoms. The highest BCUT2D eigenvalue weighted by atomic mass is 19.4. The molecule has 1 atom stereocenters. The summed E-state index contributed by atoms with van der Waals surface area (Å²) < 4.78 is 50.4. The molecule has 0 radical (unpaired) electrons. The number of hydrogen-bond donors (Lipinski definition) is 2. The fourth-order valence-electron chi connectivity index (χ4n) is 1.32. The van der Waals surface area contributed by atoms with Crippen LogP contribution in [0.1, 0.15) is 22.8 Å². The fourth-order valence-corrected chi connectivity index (χ4v) is 1.32. The number of carbonyl (C=O) groups excluding carboxylic acids is 1. The van der Waals surface area contributed by atoms with Crippen molar-refractivity contribution in [3.8, 4) is 0 Å². The molecule has 19 heavy (non-hydrogen) atoms. The lowest BCUT2D eigenvalue weighted by molar-refractivity contribution is -0.140. The summed E-state index contributed by atoms with van der Waals surface area (Å²) >= 11 is 0. The number of amides is 1. The van der Waals surface area contributed by atoms with Crippen molar-refractivity contribution in [3.05, 3.63) is 35.1 Å². The van der Waals surface area contributed by atoms with Crippen LogP contribution >= 0.6 is 0 Å². The second-order valence-corrected chi connectivity index (χ2v) is 4.19. The SMILES string of the molecule is CC(CO)CNC(=O)c1ccc(F)c(C(F)(F)F)c1. The van der Waals surface area contributed by atoms with Gasteiger partial charge in [-0.15, -0.1) is 0 Å². The average molecular weight is 279 g/mol. The van der Waals surface area contributed by atoms with E-state index in [0.717, 1.165) is 6.07 Å². The molecule has 0 bridgehead atoms. The van der Waals surface area contributed by atoms with Gasteiger partial charge in [-0.1, -0.05) is 6.92 Å². The Hall–Kier alpha value is -1.63. The molecule has 1 unspecified atom stereocenters. The van der Waals surface area contributed by atoms with Crippen molar-refractivity contribution >= 4 is 5.91 Å². The molecule has 0 aliphatic carbocycles. The van der Waals surface area contributed by atoms with Crippen molar-refractivity contribution in [3.63, 3.8) is 0 Å². The number of alkyl halides is 3. The van der Waals surface area contributed by atoms with Crippen LogP contribution in [0, 0.1) is 11.7 Å². The molecule has 0 heterocycles. The quantitative estimate of drug-likeness (QED) is 0.830. The van der Waals surface area contributed by atoms with E-state index >= 15 is 0 Å². The third-order valence-electron chi connectivity index (χ3n) is 2.46. The van der Waals surface area contributed by atoms with E-state index in [1.807, 2.05) is 0 Å². The lowest BCUT2D eigenvalue weighted by Crippen LogP contribution is -2.29. The number of benzene rings is 1. The Balaban J connectivity index is 2.87. The summed E-state index contributed by atoms with van der Waals surface area (Å²) in [5, 5.41) is 11.1. The average Bonchev–Trinajstić information content (AvgIpc) is 2.34. The van der Waals surface area contributed by atoms with Gasteiger partial charge in [0.2, 0.25) is 0 Å². The van der Waals surface area contributed by atoms with E-state index in [9.17, 15) is 22.4 Å². The van der Waals surface area contributed by atoms with E-state index in [2.05, 4.69) is 5.32 Å². The molecule has 3 nitrogen and oxygen atoms in total. The van der Waals surface area contributed by atoms with E-state index in [-0.39, 0.29) is 24.6 Å². The maximum Gasteiger partial charge on any atom is 0.419 e. The summed E-state index contributed by atoms with van der Waals surface area (Å²) in [6.45, 7) is 1.62. The molecule has 0 aromatic heterocycles.